The first-order chi connectivity index (χ1) is 10.1. The molecule has 0 aromatic heterocycles. The Morgan fingerprint density at radius 3 is 2.48 bits per heavy atom. The molecule has 4 atom stereocenters. The van der Waals surface area contributed by atoms with Crippen LogP contribution in [0.3, 0.4) is 0 Å². The Morgan fingerprint density at radius 2 is 1.81 bits per heavy atom. The highest BCUT2D eigenvalue weighted by molar-refractivity contribution is 4.80. The average molecular weight is 300 g/mol. The molecule has 0 aromatic carbocycles. The molecule has 0 radical (unpaired) electrons. The van der Waals surface area contributed by atoms with Crippen LogP contribution in [0.1, 0.15) is 27.2 Å². The van der Waals surface area contributed by atoms with Gasteiger partial charge in [0.15, 0.2) is 0 Å². The molecule has 2 rings (SSSR count). The van der Waals surface area contributed by atoms with Crippen molar-refractivity contribution in [2.24, 2.45) is 5.92 Å². The number of nitrogens with zero attached hydrogens (tertiary/aromatic N) is 2. The van der Waals surface area contributed by atoms with Crippen LogP contribution >= 0.6 is 0 Å². The Bertz CT molecular complexity index is 293. The third-order valence-electron chi connectivity index (χ3n) is 4.36. The largest absolute Gasteiger partial charge is 0.390 e. The number of aliphatic hydroxyl groups is 1. The summed E-state index contributed by atoms with van der Waals surface area (Å²) in [4.78, 5) is 4.71. The molecule has 21 heavy (non-hydrogen) atoms. The molecule has 1 N–H and O–H groups in total. The van der Waals surface area contributed by atoms with Crippen molar-refractivity contribution in [2.75, 3.05) is 52.5 Å². The monoisotopic (exact) mass is 300 g/mol. The number of rotatable bonds is 7. The summed E-state index contributed by atoms with van der Waals surface area (Å²) in [6.45, 7) is 13.4. The van der Waals surface area contributed by atoms with E-state index in [9.17, 15) is 5.11 Å². The van der Waals surface area contributed by atoms with E-state index < -0.39 is 0 Å². The highest BCUT2D eigenvalue weighted by Crippen LogP contribution is 2.17. The molecule has 5 heteroatoms. The molecule has 0 bridgehead atoms. The normalized spacial score (nSPS) is 33.4. The zero-order valence-corrected chi connectivity index (χ0v) is 13.8. The molecule has 0 saturated carbocycles. The number of ether oxygens (including phenoxy) is 2. The van der Waals surface area contributed by atoms with Crippen molar-refractivity contribution >= 4 is 0 Å². The molecule has 0 spiro atoms. The van der Waals surface area contributed by atoms with Gasteiger partial charge < -0.3 is 19.5 Å². The van der Waals surface area contributed by atoms with Gasteiger partial charge in [0.1, 0.15) is 0 Å². The van der Waals surface area contributed by atoms with Crippen molar-refractivity contribution in [3.63, 3.8) is 0 Å². The molecule has 0 aliphatic carbocycles. The second-order valence-corrected chi connectivity index (χ2v) is 6.70. The van der Waals surface area contributed by atoms with Crippen LogP contribution in [0.25, 0.3) is 0 Å². The van der Waals surface area contributed by atoms with E-state index in [-0.39, 0.29) is 18.3 Å². The lowest BCUT2D eigenvalue weighted by Crippen LogP contribution is -2.49. The summed E-state index contributed by atoms with van der Waals surface area (Å²) in [5.41, 5.74) is 0. The van der Waals surface area contributed by atoms with Gasteiger partial charge in [0.2, 0.25) is 0 Å². The smallest absolute Gasteiger partial charge is 0.0793 e. The number of morpholine rings is 1. The minimum atomic E-state index is -0.270. The minimum absolute atomic E-state index is 0.267. The first-order valence-corrected chi connectivity index (χ1v) is 8.42. The van der Waals surface area contributed by atoms with Crippen LogP contribution in [0, 0.1) is 5.92 Å². The van der Waals surface area contributed by atoms with Crippen molar-refractivity contribution in [3.05, 3.63) is 0 Å². The van der Waals surface area contributed by atoms with Crippen molar-refractivity contribution in [2.45, 2.75) is 45.5 Å². The summed E-state index contributed by atoms with van der Waals surface area (Å²) >= 11 is 0. The second kappa shape index (κ2) is 8.44. The molecule has 2 aliphatic heterocycles. The first-order valence-electron chi connectivity index (χ1n) is 8.42. The summed E-state index contributed by atoms with van der Waals surface area (Å²) in [5, 5.41) is 10.3. The summed E-state index contributed by atoms with van der Waals surface area (Å²) in [5.74, 6) is 0.639. The number of β-amino-alcohol motifs (C(OH)–C–C–N with tert-alkyl or cyclic N) is 1. The maximum Gasteiger partial charge on any atom is 0.0793 e. The molecule has 0 amide bonds. The third-order valence-corrected chi connectivity index (χ3v) is 4.36. The average Bonchev–Trinajstić information content (AvgIpc) is 2.82. The van der Waals surface area contributed by atoms with Gasteiger partial charge in [0.25, 0.3) is 0 Å². The van der Waals surface area contributed by atoms with Gasteiger partial charge >= 0.3 is 0 Å². The molecule has 2 aliphatic rings. The molecular formula is C16H32N2O3. The number of likely N-dealkylation sites (tertiary alicyclic amines) is 1. The SMILES string of the molecule is CCOCC1CCN(CC(O)CN2CC(C)OC(C)C2)C1. The second-order valence-electron chi connectivity index (χ2n) is 6.70. The van der Waals surface area contributed by atoms with Gasteiger partial charge in [-0.3, -0.25) is 4.90 Å². The maximum absolute atomic E-state index is 10.3. The van der Waals surface area contributed by atoms with Gasteiger partial charge in [-0.05, 0) is 39.7 Å². The highest BCUT2D eigenvalue weighted by atomic mass is 16.5. The van der Waals surface area contributed by atoms with E-state index in [2.05, 4.69) is 23.6 Å². The van der Waals surface area contributed by atoms with Gasteiger partial charge in [0, 0.05) is 39.3 Å². The Morgan fingerprint density at radius 1 is 1.14 bits per heavy atom. The van der Waals surface area contributed by atoms with E-state index in [1.807, 2.05) is 6.92 Å². The number of hydrogen-bond donors (Lipinski definition) is 1. The molecule has 4 unspecified atom stereocenters. The van der Waals surface area contributed by atoms with Gasteiger partial charge in [0.05, 0.1) is 24.9 Å². The van der Waals surface area contributed by atoms with Crippen molar-refractivity contribution in [1.82, 2.24) is 9.80 Å². The van der Waals surface area contributed by atoms with Crippen LogP contribution < -0.4 is 0 Å². The van der Waals surface area contributed by atoms with Crippen LogP contribution in [0.15, 0.2) is 0 Å². The summed E-state index contributed by atoms with van der Waals surface area (Å²) < 4.78 is 11.2. The zero-order chi connectivity index (χ0) is 15.2. The van der Waals surface area contributed by atoms with E-state index in [0.717, 1.165) is 52.5 Å². The lowest BCUT2D eigenvalue weighted by molar-refractivity contribution is -0.0777. The number of aliphatic hydroxyl groups excluding tert-OH is 1. The quantitative estimate of drug-likeness (QED) is 0.754. The van der Waals surface area contributed by atoms with E-state index >= 15 is 0 Å². The molecule has 2 saturated heterocycles. The molecular weight excluding hydrogens is 268 g/mol. The summed E-state index contributed by atoms with van der Waals surface area (Å²) in [6, 6.07) is 0. The Kier molecular flexibility index (Phi) is 6.89. The van der Waals surface area contributed by atoms with Gasteiger partial charge in [-0.2, -0.15) is 0 Å². The van der Waals surface area contributed by atoms with Crippen molar-refractivity contribution in [3.8, 4) is 0 Å². The Labute approximate surface area is 129 Å². The Balaban J connectivity index is 1.66. The van der Waals surface area contributed by atoms with Crippen molar-refractivity contribution < 1.29 is 14.6 Å². The van der Waals surface area contributed by atoms with Crippen LogP contribution in [0.2, 0.25) is 0 Å². The van der Waals surface area contributed by atoms with E-state index in [4.69, 9.17) is 9.47 Å². The predicted octanol–water partition coefficient (Wildman–Crippen LogP) is 0.815. The molecule has 124 valence electrons. The van der Waals surface area contributed by atoms with E-state index in [0.29, 0.717) is 5.92 Å². The highest BCUT2D eigenvalue weighted by Gasteiger charge is 2.27. The standard InChI is InChI=1S/C16H32N2O3/c1-4-20-12-15-5-6-17(9-15)10-16(19)11-18-7-13(2)21-14(3)8-18/h13-16,19H,4-12H2,1-3H3. The van der Waals surface area contributed by atoms with Crippen LogP contribution in [-0.4, -0.2) is 85.7 Å². The fourth-order valence-electron chi connectivity index (χ4n) is 3.59. The lowest BCUT2D eigenvalue weighted by atomic mass is 10.1. The zero-order valence-electron chi connectivity index (χ0n) is 13.8. The van der Waals surface area contributed by atoms with Crippen LogP contribution in [0.5, 0.6) is 0 Å². The minimum Gasteiger partial charge on any atom is -0.390 e. The molecule has 2 fully saturated rings. The van der Waals surface area contributed by atoms with E-state index in [1.54, 1.807) is 0 Å². The van der Waals surface area contributed by atoms with Crippen LogP contribution in [-0.2, 0) is 9.47 Å². The Hall–Kier alpha value is -0.200. The fraction of sp³-hybridized carbons (Fsp3) is 1.00. The van der Waals surface area contributed by atoms with Gasteiger partial charge in [-0.25, -0.2) is 0 Å². The van der Waals surface area contributed by atoms with E-state index in [1.165, 1.54) is 6.42 Å². The summed E-state index contributed by atoms with van der Waals surface area (Å²) in [7, 11) is 0. The topological polar surface area (TPSA) is 45.2 Å². The van der Waals surface area contributed by atoms with Gasteiger partial charge in [-0.1, -0.05) is 0 Å². The molecule has 0 aromatic rings. The molecule has 5 nitrogen and oxygen atoms in total. The van der Waals surface area contributed by atoms with Crippen LogP contribution in [0.4, 0.5) is 0 Å². The van der Waals surface area contributed by atoms with Gasteiger partial charge in [-0.15, -0.1) is 0 Å². The lowest BCUT2D eigenvalue weighted by Gasteiger charge is -2.36. The maximum atomic E-state index is 10.3. The first kappa shape index (κ1) is 17.2. The third kappa shape index (κ3) is 5.83. The summed E-state index contributed by atoms with van der Waals surface area (Å²) in [6.07, 6.45) is 1.46. The fourth-order valence-corrected chi connectivity index (χ4v) is 3.59. The molecule has 2 heterocycles. The predicted molar refractivity (Wildman–Crippen MR) is 83.5 cm³/mol. The van der Waals surface area contributed by atoms with Crippen molar-refractivity contribution in [1.29, 1.82) is 0 Å². The number of hydrogen-bond acceptors (Lipinski definition) is 5.